The van der Waals surface area contributed by atoms with Gasteiger partial charge in [-0.3, -0.25) is 18.5 Å². The SMILES string of the molecule is CC#CCn1c(N2CCNCC2)nc2c1c(=O)n(CCN(OC(=O)C(F)(F)F)S(=O)(=O)c1ccccc1)c(=O)n2C. The Labute approximate surface area is 231 Å². The van der Waals surface area contributed by atoms with E-state index in [-0.39, 0.29) is 22.2 Å². The summed E-state index contributed by atoms with van der Waals surface area (Å²) in [6.07, 6.45) is -5.51. The summed E-state index contributed by atoms with van der Waals surface area (Å²) in [7, 11) is -3.46. The second-order valence-corrected chi connectivity index (χ2v) is 10.7. The summed E-state index contributed by atoms with van der Waals surface area (Å²) in [5.74, 6) is 3.23. The lowest BCUT2D eigenvalue weighted by atomic mass is 10.4. The molecule has 17 heteroatoms. The quantitative estimate of drug-likeness (QED) is 0.282. The molecule has 3 heterocycles. The first-order chi connectivity index (χ1) is 19.4. The molecule has 0 bridgehead atoms. The minimum absolute atomic E-state index is 0.00636. The molecule has 1 aromatic carbocycles. The Bertz CT molecular complexity index is 1730. The number of nitrogens with one attached hydrogen (secondary N) is 1. The van der Waals surface area contributed by atoms with Crippen molar-refractivity contribution in [1.82, 2.24) is 28.5 Å². The van der Waals surface area contributed by atoms with Crippen molar-refractivity contribution in [1.29, 1.82) is 0 Å². The molecule has 1 N–H and O–H groups in total. The molecular weight excluding hydrogens is 571 g/mol. The maximum Gasteiger partial charge on any atom is 0.492 e. The van der Waals surface area contributed by atoms with Crippen LogP contribution in [-0.2, 0) is 39.8 Å². The van der Waals surface area contributed by atoms with Crippen LogP contribution in [0.15, 0.2) is 44.8 Å². The van der Waals surface area contributed by atoms with Gasteiger partial charge in [-0.1, -0.05) is 24.1 Å². The van der Waals surface area contributed by atoms with E-state index in [1.165, 1.54) is 29.8 Å². The van der Waals surface area contributed by atoms with Gasteiger partial charge in [0.2, 0.25) is 5.95 Å². The molecule has 4 rings (SSSR count). The summed E-state index contributed by atoms with van der Waals surface area (Å²) in [6.45, 7) is 2.41. The van der Waals surface area contributed by atoms with Crippen molar-refractivity contribution in [2.24, 2.45) is 7.05 Å². The van der Waals surface area contributed by atoms with E-state index >= 15 is 0 Å². The highest BCUT2D eigenvalue weighted by atomic mass is 32.2. The Balaban J connectivity index is 1.80. The van der Waals surface area contributed by atoms with Gasteiger partial charge in [0.25, 0.3) is 15.6 Å². The monoisotopic (exact) mass is 597 g/mol. The van der Waals surface area contributed by atoms with Crippen molar-refractivity contribution in [3.63, 3.8) is 0 Å². The van der Waals surface area contributed by atoms with Gasteiger partial charge < -0.3 is 15.1 Å². The lowest BCUT2D eigenvalue weighted by molar-refractivity contribution is -0.222. The molecule has 13 nitrogen and oxygen atoms in total. The van der Waals surface area contributed by atoms with Gasteiger partial charge in [0.1, 0.15) is 0 Å². The molecule has 0 saturated carbocycles. The number of piperazine rings is 1. The molecule has 1 saturated heterocycles. The largest absolute Gasteiger partial charge is 0.492 e. The molecule has 41 heavy (non-hydrogen) atoms. The lowest BCUT2D eigenvalue weighted by Gasteiger charge is -2.28. The van der Waals surface area contributed by atoms with Gasteiger partial charge in [-0.15, -0.1) is 5.92 Å². The topological polar surface area (TPSA) is 141 Å². The molecule has 2 aromatic heterocycles. The number of carbonyl (C=O) groups is 1. The molecule has 0 aliphatic carbocycles. The highest BCUT2D eigenvalue weighted by molar-refractivity contribution is 7.89. The molecular formula is C24H26F3N7O6S. The second kappa shape index (κ2) is 11.8. The third-order valence-electron chi connectivity index (χ3n) is 6.26. The van der Waals surface area contributed by atoms with E-state index in [4.69, 9.17) is 0 Å². The van der Waals surface area contributed by atoms with E-state index in [1.54, 1.807) is 6.92 Å². The van der Waals surface area contributed by atoms with E-state index in [2.05, 4.69) is 27.0 Å². The van der Waals surface area contributed by atoms with Crippen LogP contribution in [0.2, 0.25) is 0 Å². The highest BCUT2D eigenvalue weighted by Crippen LogP contribution is 2.22. The van der Waals surface area contributed by atoms with Gasteiger partial charge in [0.15, 0.2) is 11.2 Å². The van der Waals surface area contributed by atoms with Gasteiger partial charge in [0.05, 0.1) is 18.0 Å². The van der Waals surface area contributed by atoms with Gasteiger partial charge in [-0.2, -0.15) is 18.2 Å². The summed E-state index contributed by atoms with van der Waals surface area (Å²) < 4.78 is 68.2. The number of aromatic nitrogens is 4. The number of imidazole rings is 1. The fraction of sp³-hybridized carbons (Fsp3) is 0.417. The number of nitrogens with zero attached hydrogens (tertiary/aromatic N) is 6. The van der Waals surface area contributed by atoms with Crippen molar-refractivity contribution >= 4 is 33.1 Å². The number of sulfonamides is 1. The Hall–Kier alpha value is -4.14. The van der Waals surface area contributed by atoms with Crippen LogP contribution in [0.25, 0.3) is 11.2 Å². The normalized spacial score (nSPS) is 14.2. The molecule has 220 valence electrons. The van der Waals surface area contributed by atoms with Gasteiger partial charge in [-0.05, 0) is 23.5 Å². The number of hydrogen-bond donors (Lipinski definition) is 1. The van der Waals surface area contributed by atoms with Crippen molar-refractivity contribution in [3.05, 3.63) is 51.2 Å². The van der Waals surface area contributed by atoms with Crippen LogP contribution >= 0.6 is 0 Å². The van der Waals surface area contributed by atoms with Crippen LogP contribution in [0.5, 0.6) is 0 Å². The summed E-state index contributed by atoms with van der Waals surface area (Å²) in [6, 6.07) is 6.30. The minimum atomic E-state index is -5.51. The number of benzene rings is 1. The summed E-state index contributed by atoms with van der Waals surface area (Å²) >= 11 is 0. The molecule has 1 aliphatic rings. The maximum absolute atomic E-state index is 13.6. The zero-order valence-electron chi connectivity index (χ0n) is 22.0. The molecule has 0 spiro atoms. The average Bonchev–Trinajstić information content (AvgIpc) is 3.34. The molecule has 0 unspecified atom stereocenters. The number of hydrogen-bond acceptors (Lipinski definition) is 9. The number of rotatable bonds is 8. The number of halogens is 3. The van der Waals surface area contributed by atoms with E-state index in [9.17, 15) is 36.0 Å². The maximum atomic E-state index is 13.6. The number of aryl methyl sites for hydroxylation is 1. The number of alkyl halides is 3. The van der Waals surface area contributed by atoms with Crippen molar-refractivity contribution in [2.75, 3.05) is 37.6 Å². The zero-order chi connectivity index (χ0) is 29.9. The molecule has 3 aromatic rings. The predicted octanol–water partition coefficient (Wildman–Crippen LogP) is 0.0410. The van der Waals surface area contributed by atoms with Crippen LogP contribution in [0, 0.1) is 11.8 Å². The highest BCUT2D eigenvalue weighted by Gasteiger charge is 2.44. The third-order valence-corrected chi connectivity index (χ3v) is 7.92. The number of hydroxylamine groups is 1. The van der Waals surface area contributed by atoms with E-state index in [1.807, 2.05) is 4.90 Å². The van der Waals surface area contributed by atoms with E-state index in [0.29, 0.717) is 36.7 Å². The average molecular weight is 598 g/mol. The Morgan fingerprint density at radius 2 is 1.80 bits per heavy atom. The summed E-state index contributed by atoms with van der Waals surface area (Å²) in [4.78, 5) is 48.7. The first kappa shape index (κ1) is 29.8. The molecule has 0 atom stereocenters. The van der Waals surface area contributed by atoms with Crippen LogP contribution in [0.1, 0.15) is 6.92 Å². The molecule has 0 radical (unpaired) electrons. The number of carbonyl (C=O) groups excluding carboxylic acids is 1. The predicted molar refractivity (Wildman–Crippen MR) is 140 cm³/mol. The lowest BCUT2D eigenvalue weighted by Crippen LogP contribution is -2.45. The van der Waals surface area contributed by atoms with Crippen LogP contribution in [-0.4, -0.2) is 76.4 Å². The van der Waals surface area contributed by atoms with Crippen LogP contribution < -0.4 is 21.5 Å². The third kappa shape index (κ3) is 5.99. The number of anilines is 1. The first-order valence-electron chi connectivity index (χ1n) is 12.3. The summed E-state index contributed by atoms with van der Waals surface area (Å²) in [5, 5.41) is 3.21. The Kier molecular flexibility index (Phi) is 8.56. The Morgan fingerprint density at radius 1 is 1.15 bits per heavy atom. The van der Waals surface area contributed by atoms with Gasteiger partial charge >= 0.3 is 17.8 Å². The van der Waals surface area contributed by atoms with Crippen LogP contribution in [0.4, 0.5) is 19.1 Å². The van der Waals surface area contributed by atoms with Gasteiger partial charge in [-0.25, -0.2) is 18.0 Å². The van der Waals surface area contributed by atoms with Crippen molar-refractivity contribution < 1.29 is 31.2 Å². The zero-order valence-corrected chi connectivity index (χ0v) is 22.8. The van der Waals surface area contributed by atoms with Gasteiger partial charge in [0, 0.05) is 39.8 Å². The fourth-order valence-corrected chi connectivity index (χ4v) is 5.45. The standard InChI is InChI=1S/C24H26F3N7O6S/c1-3-4-12-32-18-19(29-22(32)31-13-10-28-11-14-31)30(2)23(37)33(20(18)35)15-16-34(40-21(36)24(25,26)27)41(38,39)17-8-6-5-7-9-17/h5-9,28H,10-16H2,1-2H3. The van der Waals surface area contributed by atoms with Crippen molar-refractivity contribution in [2.45, 2.75) is 31.1 Å². The smallest absolute Gasteiger partial charge is 0.345 e. The number of fused-ring (bicyclic) bond motifs is 1. The minimum Gasteiger partial charge on any atom is -0.345 e. The van der Waals surface area contributed by atoms with Crippen LogP contribution in [0.3, 0.4) is 0 Å². The fourth-order valence-electron chi connectivity index (χ4n) is 4.22. The van der Waals surface area contributed by atoms with E-state index < -0.39 is 51.4 Å². The summed E-state index contributed by atoms with van der Waals surface area (Å²) in [5.41, 5.74) is -1.72. The first-order valence-corrected chi connectivity index (χ1v) is 13.7. The van der Waals surface area contributed by atoms with Crippen molar-refractivity contribution in [3.8, 4) is 11.8 Å². The molecule has 1 aliphatic heterocycles. The molecule has 1 fully saturated rings. The van der Waals surface area contributed by atoms with E-state index in [0.717, 1.165) is 16.7 Å². The molecule has 0 amide bonds. The second-order valence-electron chi connectivity index (χ2n) is 8.85. The Morgan fingerprint density at radius 3 is 2.41 bits per heavy atom.